The lowest BCUT2D eigenvalue weighted by atomic mass is 10.1. The number of aryl methyl sites for hydroxylation is 1. The molecule has 0 fully saturated rings. The molecule has 1 unspecified atom stereocenters. The van der Waals surface area contributed by atoms with Crippen molar-refractivity contribution < 1.29 is 5.11 Å². The van der Waals surface area contributed by atoms with Crippen LogP contribution < -0.4 is 5.32 Å². The molecule has 0 bridgehead atoms. The lowest BCUT2D eigenvalue weighted by Crippen LogP contribution is -2.38. The van der Waals surface area contributed by atoms with Crippen molar-refractivity contribution in [3.63, 3.8) is 0 Å². The van der Waals surface area contributed by atoms with Crippen molar-refractivity contribution in [2.45, 2.75) is 39.5 Å². The fraction of sp³-hybridized carbons (Fsp3) is 0.600. The van der Waals surface area contributed by atoms with Crippen molar-refractivity contribution in [1.82, 2.24) is 10.2 Å². The predicted molar refractivity (Wildman–Crippen MR) is 76.7 cm³/mol. The van der Waals surface area contributed by atoms with E-state index in [1.165, 1.54) is 11.1 Å². The lowest BCUT2D eigenvalue weighted by Gasteiger charge is -2.22. The van der Waals surface area contributed by atoms with Gasteiger partial charge in [-0.05, 0) is 25.1 Å². The molecule has 1 aromatic carbocycles. The minimum absolute atomic E-state index is 0.318. The molecule has 0 amide bonds. The average molecular weight is 250 g/mol. The summed E-state index contributed by atoms with van der Waals surface area (Å²) in [4.78, 5) is 2.16. The van der Waals surface area contributed by atoms with Crippen LogP contribution in [0.15, 0.2) is 24.3 Å². The molecular formula is C15H26N2O. The van der Waals surface area contributed by atoms with Crippen LogP contribution in [-0.4, -0.2) is 42.3 Å². The number of benzene rings is 1. The Morgan fingerprint density at radius 2 is 1.94 bits per heavy atom. The van der Waals surface area contributed by atoms with Gasteiger partial charge in [0.2, 0.25) is 0 Å². The maximum absolute atomic E-state index is 9.91. The Bertz CT molecular complexity index is 352. The van der Waals surface area contributed by atoms with Gasteiger partial charge < -0.3 is 10.4 Å². The van der Waals surface area contributed by atoms with E-state index in [2.05, 4.69) is 55.3 Å². The maximum Gasteiger partial charge on any atom is 0.0791 e. The summed E-state index contributed by atoms with van der Waals surface area (Å²) in [6.45, 7) is 8.52. The van der Waals surface area contributed by atoms with Crippen LogP contribution in [0, 0.1) is 6.92 Å². The van der Waals surface area contributed by atoms with E-state index in [1.54, 1.807) is 0 Å². The van der Waals surface area contributed by atoms with Crippen molar-refractivity contribution in [2.75, 3.05) is 20.1 Å². The number of nitrogens with one attached hydrogen (secondary N) is 1. The third-order valence-corrected chi connectivity index (χ3v) is 2.99. The molecule has 18 heavy (non-hydrogen) atoms. The Kier molecular flexibility index (Phi) is 6.33. The highest BCUT2D eigenvalue weighted by molar-refractivity contribution is 5.25. The average Bonchev–Trinajstić information content (AvgIpc) is 2.29. The SMILES string of the molecule is Cc1ccccc1CN(C)CC(O)CNC(C)C. The Morgan fingerprint density at radius 3 is 2.56 bits per heavy atom. The van der Waals surface area contributed by atoms with Crippen LogP contribution in [0.25, 0.3) is 0 Å². The second kappa shape index (κ2) is 7.52. The number of rotatable bonds is 7. The number of aliphatic hydroxyl groups is 1. The third-order valence-electron chi connectivity index (χ3n) is 2.99. The van der Waals surface area contributed by atoms with Gasteiger partial charge in [0, 0.05) is 25.7 Å². The van der Waals surface area contributed by atoms with Crippen molar-refractivity contribution >= 4 is 0 Å². The van der Waals surface area contributed by atoms with Crippen molar-refractivity contribution in [1.29, 1.82) is 0 Å². The summed E-state index contributed by atoms with van der Waals surface area (Å²) in [6.07, 6.45) is -0.318. The monoisotopic (exact) mass is 250 g/mol. The van der Waals surface area contributed by atoms with E-state index in [0.29, 0.717) is 19.1 Å². The van der Waals surface area contributed by atoms with Gasteiger partial charge in [0.1, 0.15) is 0 Å². The Labute approximate surface area is 111 Å². The highest BCUT2D eigenvalue weighted by Gasteiger charge is 2.09. The van der Waals surface area contributed by atoms with Crippen LogP contribution in [0.3, 0.4) is 0 Å². The molecule has 3 heteroatoms. The van der Waals surface area contributed by atoms with Crippen molar-refractivity contribution in [3.05, 3.63) is 35.4 Å². The lowest BCUT2D eigenvalue weighted by molar-refractivity contribution is 0.119. The molecule has 2 N–H and O–H groups in total. The van der Waals surface area contributed by atoms with Crippen LogP contribution in [0.1, 0.15) is 25.0 Å². The van der Waals surface area contributed by atoms with E-state index in [4.69, 9.17) is 0 Å². The van der Waals surface area contributed by atoms with E-state index < -0.39 is 0 Å². The minimum atomic E-state index is -0.318. The van der Waals surface area contributed by atoms with E-state index in [0.717, 1.165) is 6.54 Å². The van der Waals surface area contributed by atoms with E-state index in [9.17, 15) is 5.11 Å². The van der Waals surface area contributed by atoms with Crippen LogP contribution in [0.4, 0.5) is 0 Å². The van der Waals surface area contributed by atoms with Gasteiger partial charge in [-0.3, -0.25) is 4.90 Å². The molecule has 1 aromatic rings. The van der Waals surface area contributed by atoms with Crippen LogP contribution in [0.5, 0.6) is 0 Å². The molecule has 0 aliphatic rings. The number of hydrogen-bond donors (Lipinski definition) is 2. The second-order valence-corrected chi connectivity index (χ2v) is 5.34. The standard InChI is InChI=1S/C15H26N2O/c1-12(2)16-9-15(18)11-17(4)10-14-8-6-5-7-13(14)3/h5-8,12,15-16,18H,9-11H2,1-4H3. The molecule has 3 nitrogen and oxygen atoms in total. The van der Waals surface area contributed by atoms with Crippen molar-refractivity contribution in [3.8, 4) is 0 Å². The number of hydrogen-bond acceptors (Lipinski definition) is 3. The van der Waals surface area contributed by atoms with Gasteiger partial charge in [-0.25, -0.2) is 0 Å². The Hall–Kier alpha value is -0.900. The zero-order valence-electron chi connectivity index (χ0n) is 12.0. The van der Waals surface area contributed by atoms with Gasteiger partial charge in [0.25, 0.3) is 0 Å². The van der Waals surface area contributed by atoms with Crippen LogP contribution in [0.2, 0.25) is 0 Å². The largest absolute Gasteiger partial charge is 0.390 e. The van der Waals surface area contributed by atoms with Gasteiger partial charge in [-0.15, -0.1) is 0 Å². The Balaban J connectivity index is 2.37. The minimum Gasteiger partial charge on any atom is -0.390 e. The fourth-order valence-corrected chi connectivity index (χ4v) is 1.94. The van der Waals surface area contributed by atoms with E-state index >= 15 is 0 Å². The summed E-state index contributed by atoms with van der Waals surface area (Å²) in [5, 5.41) is 13.2. The first-order valence-corrected chi connectivity index (χ1v) is 6.63. The number of nitrogens with zero attached hydrogens (tertiary/aromatic N) is 1. The zero-order chi connectivity index (χ0) is 13.5. The predicted octanol–water partition coefficient (Wildman–Crippen LogP) is 1.79. The molecular weight excluding hydrogens is 224 g/mol. The van der Waals surface area contributed by atoms with Gasteiger partial charge in [-0.2, -0.15) is 0 Å². The third kappa shape index (κ3) is 5.63. The smallest absolute Gasteiger partial charge is 0.0791 e. The maximum atomic E-state index is 9.91. The highest BCUT2D eigenvalue weighted by atomic mass is 16.3. The zero-order valence-corrected chi connectivity index (χ0v) is 12.0. The number of aliphatic hydroxyl groups excluding tert-OH is 1. The summed E-state index contributed by atoms with van der Waals surface area (Å²) < 4.78 is 0. The molecule has 102 valence electrons. The molecule has 0 heterocycles. The molecule has 0 aliphatic carbocycles. The first kappa shape index (κ1) is 15.2. The molecule has 0 aliphatic heterocycles. The van der Waals surface area contributed by atoms with Crippen LogP contribution >= 0.6 is 0 Å². The molecule has 0 saturated heterocycles. The molecule has 0 aromatic heterocycles. The van der Waals surface area contributed by atoms with E-state index in [1.807, 2.05) is 7.05 Å². The Morgan fingerprint density at radius 1 is 1.28 bits per heavy atom. The molecule has 0 saturated carbocycles. The first-order valence-electron chi connectivity index (χ1n) is 6.63. The summed E-state index contributed by atoms with van der Waals surface area (Å²) in [5.41, 5.74) is 2.63. The first-order chi connectivity index (χ1) is 8.49. The van der Waals surface area contributed by atoms with Gasteiger partial charge in [-0.1, -0.05) is 38.1 Å². The van der Waals surface area contributed by atoms with E-state index in [-0.39, 0.29) is 6.10 Å². The number of likely N-dealkylation sites (N-methyl/N-ethyl adjacent to an activating group) is 1. The topological polar surface area (TPSA) is 35.5 Å². The van der Waals surface area contributed by atoms with Gasteiger partial charge in [0.05, 0.1) is 6.10 Å². The molecule has 1 rings (SSSR count). The summed E-state index contributed by atoms with van der Waals surface area (Å²) >= 11 is 0. The molecule has 0 spiro atoms. The highest BCUT2D eigenvalue weighted by Crippen LogP contribution is 2.09. The fourth-order valence-electron chi connectivity index (χ4n) is 1.94. The molecule has 1 atom stereocenters. The van der Waals surface area contributed by atoms with Gasteiger partial charge in [0.15, 0.2) is 0 Å². The second-order valence-electron chi connectivity index (χ2n) is 5.34. The molecule has 0 radical (unpaired) electrons. The summed E-state index contributed by atoms with van der Waals surface area (Å²) in [5.74, 6) is 0. The normalized spacial score (nSPS) is 13.3. The summed E-state index contributed by atoms with van der Waals surface area (Å²) in [7, 11) is 2.05. The quantitative estimate of drug-likeness (QED) is 0.774. The van der Waals surface area contributed by atoms with Gasteiger partial charge >= 0.3 is 0 Å². The van der Waals surface area contributed by atoms with Crippen LogP contribution in [-0.2, 0) is 6.54 Å². The van der Waals surface area contributed by atoms with Crippen molar-refractivity contribution in [2.24, 2.45) is 0 Å². The summed E-state index contributed by atoms with van der Waals surface area (Å²) in [6, 6.07) is 8.80.